The number of ether oxygens (including phenoxy) is 2. The van der Waals surface area contributed by atoms with E-state index >= 15 is 0 Å². The first-order chi connectivity index (χ1) is 22.7. The summed E-state index contributed by atoms with van der Waals surface area (Å²) in [5.74, 6) is -1.52. The molecular formula is C31H47ClN6O10S. The Balaban J connectivity index is 0.000000789. The molecule has 0 aromatic heterocycles. The number of benzene rings is 2. The molecule has 16 nitrogen and oxygen atoms in total. The van der Waals surface area contributed by atoms with Crippen molar-refractivity contribution in [3.05, 3.63) is 59.6 Å². The lowest BCUT2D eigenvalue weighted by molar-refractivity contribution is -0.138. The highest BCUT2D eigenvalue weighted by Gasteiger charge is 2.25. The van der Waals surface area contributed by atoms with Crippen LogP contribution in [0.2, 0.25) is 5.02 Å². The van der Waals surface area contributed by atoms with Crippen LogP contribution in [-0.4, -0.2) is 92.2 Å². The quantitative estimate of drug-likeness (QED) is 0.0567. The molecule has 18 heteroatoms. The van der Waals surface area contributed by atoms with E-state index in [1.54, 1.807) is 24.3 Å². The van der Waals surface area contributed by atoms with Crippen LogP contribution >= 0.6 is 11.6 Å². The molecule has 0 aliphatic heterocycles. The second-order valence-corrected chi connectivity index (χ2v) is 13.2. The zero-order valence-corrected chi connectivity index (χ0v) is 28.6. The van der Waals surface area contributed by atoms with Gasteiger partial charge in [0.15, 0.2) is 5.96 Å². The van der Waals surface area contributed by atoms with Gasteiger partial charge in [0.1, 0.15) is 12.6 Å². The largest absolute Gasteiger partial charge is 0.480 e. The number of rotatable bonds is 16. The molecule has 1 atom stereocenters. The van der Waals surface area contributed by atoms with Crippen molar-refractivity contribution in [1.82, 2.24) is 10.6 Å². The molecule has 49 heavy (non-hydrogen) atoms. The predicted octanol–water partition coefficient (Wildman–Crippen LogP) is 2.28. The van der Waals surface area contributed by atoms with Crippen molar-refractivity contribution < 1.29 is 47.4 Å². The number of nitrogens with two attached hydrogens (primary N) is 2. The SMILES string of the molecule is N=C(N)NCCC[C@H](N)C(=O)O.O.O=C(COC[C@H]1CC[C@H](COC(=O)N(c2ccccc2)c2ccc(Cl)cc2)CC1)NCCS(=O)(=O)O. The van der Waals surface area contributed by atoms with Gasteiger partial charge in [-0.15, -0.1) is 0 Å². The number of amides is 2. The molecule has 0 saturated heterocycles. The molecule has 2 aromatic rings. The number of carboxylic acid groups (broad SMARTS) is 1. The van der Waals surface area contributed by atoms with E-state index in [9.17, 15) is 22.8 Å². The van der Waals surface area contributed by atoms with E-state index in [0.717, 1.165) is 25.7 Å². The van der Waals surface area contributed by atoms with Crippen LogP contribution in [0.5, 0.6) is 0 Å². The van der Waals surface area contributed by atoms with E-state index < -0.39 is 39.9 Å². The molecule has 11 N–H and O–H groups in total. The Labute approximate surface area is 291 Å². The van der Waals surface area contributed by atoms with Crippen LogP contribution < -0.4 is 27.0 Å². The van der Waals surface area contributed by atoms with Crippen molar-refractivity contribution >= 4 is 57.0 Å². The summed E-state index contributed by atoms with van der Waals surface area (Å²) in [6.45, 7) is 0.903. The zero-order chi connectivity index (χ0) is 35.5. The van der Waals surface area contributed by atoms with Gasteiger partial charge in [0, 0.05) is 18.1 Å². The summed E-state index contributed by atoms with van der Waals surface area (Å²) in [5, 5.41) is 20.7. The Morgan fingerprint density at radius 2 is 1.53 bits per heavy atom. The lowest BCUT2D eigenvalue weighted by Gasteiger charge is -2.29. The fourth-order valence-corrected chi connectivity index (χ4v) is 5.19. The number of carboxylic acids is 1. The Kier molecular flexibility index (Phi) is 19.8. The summed E-state index contributed by atoms with van der Waals surface area (Å²) in [4.78, 5) is 36.5. The number of hydrogen-bond acceptors (Lipinski definition) is 9. The molecule has 0 radical (unpaired) electrons. The number of aliphatic carboxylic acids is 1. The van der Waals surface area contributed by atoms with Gasteiger partial charge in [-0.05, 0) is 86.8 Å². The van der Waals surface area contributed by atoms with Gasteiger partial charge in [-0.2, -0.15) is 8.42 Å². The van der Waals surface area contributed by atoms with Crippen LogP contribution in [-0.2, 0) is 29.2 Å². The summed E-state index contributed by atoms with van der Waals surface area (Å²) < 4.78 is 41.1. The third-order valence-corrected chi connectivity index (χ3v) is 8.26. The van der Waals surface area contributed by atoms with Crippen LogP contribution in [0.1, 0.15) is 38.5 Å². The van der Waals surface area contributed by atoms with Crippen molar-refractivity contribution in [2.45, 2.75) is 44.6 Å². The van der Waals surface area contributed by atoms with Crippen LogP contribution in [0.4, 0.5) is 16.2 Å². The van der Waals surface area contributed by atoms with Gasteiger partial charge in [0.25, 0.3) is 10.1 Å². The molecule has 1 saturated carbocycles. The van der Waals surface area contributed by atoms with Gasteiger partial charge >= 0.3 is 12.1 Å². The number of hydrogen-bond donors (Lipinski definition) is 7. The Morgan fingerprint density at radius 3 is 2.08 bits per heavy atom. The maximum Gasteiger partial charge on any atom is 0.418 e. The van der Waals surface area contributed by atoms with Gasteiger partial charge in [-0.3, -0.25) is 19.6 Å². The lowest BCUT2D eigenvalue weighted by Crippen LogP contribution is -2.34. The second kappa shape index (κ2) is 22.6. The van der Waals surface area contributed by atoms with Crippen molar-refractivity contribution in [2.75, 3.05) is 43.6 Å². The monoisotopic (exact) mass is 730 g/mol. The van der Waals surface area contributed by atoms with E-state index in [2.05, 4.69) is 10.6 Å². The number of carbonyl (C=O) groups excluding carboxylic acids is 2. The first-order valence-electron chi connectivity index (χ1n) is 15.4. The maximum atomic E-state index is 13.0. The summed E-state index contributed by atoms with van der Waals surface area (Å²) in [7, 11) is -4.10. The molecule has 0 spiro atoms. The second-order valence-electron chi connectivity index (χ2n) is 11.2. The minimum atomic E-state index is -4.10. The topological polar surface area (TPSA) is 279 Å². The number of halogens is 1. The van der Waals surface area contributed by atoms with Crippen LogP contribution in [0.15, 0.2) is 54.6 Å². The molecule has 0 heterocycles. The molecule has 274 valence electrons. The number of para-hydroxylation sites is 1. The van der Waals surface area contributed by atoms with Gasteiger partial charge in [-0.1, -0.05) is 29.8 Å². The van der Waals surface area contributed by atoms with Crippen LogP contribution in [0.25, 0.3) is 0 Å². The molecule has 0 bridgehead atoms. The van der Waals surface area contributed by atoms with Crippen LogP contribution in [0.3, 0.4) is 0 Å². The average Bonchev–Trinajstić information content (AvgIpc) is 3.04. The van der Waals surface area contributed by atoms with Gasteiger partial charge in [0.05, 0.1) is 30.3 Å². The summed E-state index contributed by atoms with van der Waals surface area (Å²) >= 11 is 6.01. The van der Waals surface area contributed by atoms with E-state index in [1.807, 2.05) is 30.3 Å². The first-order valence-corrected chi connectivity index (χ1v) is 17.4. The highest BCUT2D eigenvalue weighted by Crippen LogP contribution is 2.31. The standard InChI is InChI=1S/C25H31ClN2O7S.C6H14N4O2.H2O/c26-21-10-12-23(13-11-21)28(22-4-2-1-3-5-22)25(30)35-17-20-8-6-19(7-9-20)16-34-18-24(29)27-14-15-36(31,32)33;7-4(5(11)12)2-1-3-10-6(8)9;/h1-5,10-13,19-20H,6-9,14-18H2,(H,27,29)(H,31,32,33);4H,1-3,7H2,(H,11,12)(H4,8,9,10);1H2/t19-,20-;4-;/m.0./s1. The number of guanidine groups is 1. The summed E-state index contributed by atoms with van der Waals surface area (Å²) in [6, 6.07) is 15.5. The Hall–Kier alpha value is -4.00. The Bertz CT molecular complexity index is 1410. The molecule has 1 aliphatic carbocycles. The summed E-state index contributed by atoms with van der Waals surface area (Å²) in [6.07, 6.45) is 4.08. The maximum absolute atomic E-state index is 13.0. The molecule has 1 aliphatic rings. The van der Waals surface area contributed by atoms with Gasteiger partial charge < -0.3 is 42.2 Å². The molecule has 2 aromatic carbocycles. The minimum Gasteiger partial charge on any atom is -0.480 e. The number of carbonyl (C=O) groups is 3. The van der Waals surface area contributed by atoms with E-state index in [-0.39, 0.29) is 30.5 Å². The first kappa shape index (κ1) is 43.0. The van der Waals surface area contributed by atoms with E-state index in [4.69, 9.17) is 47.6 Å². The molecular weight excluding hydrogens is 684 g/mol. The number of anilines is 2. The third-order valence-electron chi connectivity index (χ3n) is 7.28. The number of nitrogens with zero attached hydrogens (tertiary/aromatic N) is 1. The minimum absolute atomic E-state index is 0. The molecule has 0 unspecified atom stereocenters. The molecule has 2 amide bonds. The van der Waals surface area contributed by atoms with Crippen molar-refractivity contribution in [2.24, 2.45) is 23.3 Å². The average molecular weight is 731 g/mol. The van der Waals surface area contributed by atoms with Gasteiger partial charge in [-0.25, -0.2) is 9.69 Å². The van der Waals surface area contributed by atoms with Crippen molar-refractivity contribution in [1.29, 1.82) is 5.41 Å². The third kappa shape index (κ3) is 18.4. The zero-order valence-electron chi connectivity index (χ0n) is 27.1. The Morgan fingerprint density at radius 1 is 0.959 bits per heavy atom. The smallest absolute Gasteiger partial charge is 0.418 e. The lowest BCUT2D eigenvalue weighted by atomic mass is 9.83. The normalized spacial score (nSPS) is 16.1. The van der Waals surface area contributed by atoms with Crippen LogP contribution in [0, 0.1) is 17.2 Å². The fourth-order valence-electron chi connectivity index (χ4n) is 4.70. The highest BCUT2D eigenvalue weighted by atomic mass is 35.5. The molecule has 1 fully saturated rings. The number of nitrogens with one attached hydrogen (secondary N) is 3. The highest BCUT2D eigenvalue weighted by molar-refractivity contribution is 7.85. The van der Waals surface area contributed by atoms with Crippen molar-refractivity contribution in [3.8, 4) is 0 Å². The predicted molar refractivity (Wildman–Crippen MR) is 185 cm³/mol. The van der Waals surface area contributed by atoms with Gasteiger partial charge in [0.2, 0.25) is 5.91 Å². The summed E-state index contributed by atoms with van der Waals surface area (Å²) in [5.41, 5.74) is 11.6. The van der Waals surface area contributed by atoms with E-state index in [0.29, 0.717) is 54.9 Å². The van der Waals surface area contributed by atoms with Crippen molar-refractivity contribution in [3.63, 3.8) is 0 Å². The fraction of sp³-hybridized carbons (Fsp3) is 0.484. The molecule has 3 rings (SSSR count). The van der Waals surface area contributed by atoms with E-state index in [1.165, 1.54) is 4.90 Å².